The quantitative estimate of drug-likeness (QED) is 0.0728. The van der Waals surface area contributed by atoms with Crippen LogP contribution in [0.15, 0.2) is 71.9 Å². The molecule has 16 atom stereocenters. The number of phenols is 1. The summed E-state index contributed by atoms with van der Waals surface area (Å²) in [4.78, 5) is 98.9. The molecule has 0 radical (unpaired) electrons. The number of aliphatic hydroxyl groups excluding tert-OH is 1. The third-order valence-electron chi connectivity index (χ3n) is 16.9. The first kappa shape index (κ1) is 66.2. The Balaban J connectivity index is 1.41. The number of hydrogen-bond donors (Lipinski definition) is 4. The Morgan fingerprint density at radius 3 is 2.22 bits per heavy atom. The SMILES string of the molecule is COC(=O)C(Cc1ccc(O)cc1)NC(=O)O[C@@H]1CCC(CC(C)C2CC(=O)C(C)/C=C(\C)[C@@H](O)C(OC)C(=O)[C@H](C)CC(C)\C=C/C=C/C=C(\C)C(OC)CC3CC[C@@H](C)[C@@](O)(O3)C(=O)C(=O)N3CCCC[C@H]3C(=O)O2)CC1OC. The van der Waals surface area contributed by atoms with E-state index in [0.29, 0.717) is 68.9 Å². The first-order chi connectivity index (χ1) is 38.4. The van der Waals surface area contributed by atoms with E-state index in [4.69, 9.17) is 33.2 Å². The van der Waals surface area contributed by atoms with Crippen molar-refractivity contribution in [1.82, 2.24) is 10.2 Å². The van der Waals surface area contributed by atoms with Gasteiger partial charge < -0.3 is 58.7 Å². The third kappa shape index (κ3) is 18.2. The summed E-state index contributed by atoms with van der Waals surface area (Å²) in [5.74, 6) is -9.44. The Kier molecular flexibility index (Phi) is 25.5. The molecule has 19 heteroatoms. The summed E-state index contributed by atoms with van der Waals surface area (Å²) in [5, 5.41) is 36.0. The molecule has 4 aliphatic rings. The number of cyclic esters (lactones) is 1. The minimum absolute atomic E-state index is 0.0168. The zero-order valence-electron chi connectivity index (χ0n) is 49.3. The Morgan fingerprint density at radius 2 is 1.56 bits per heavy atom. The van der Waals surface area contributed by atoms with Crippen LogP contribution in [0.25, 0.3) is 0 Å². The van der Waals surface area contributed by atoms with E-state index >= 15 is 0 Å². The molecular formula is C62H90N2O17. The minimum atomic E-state index is -2.48. The minimum Gasteiger partial charge on any atom is -0.508 e. The van der Waals surface area contributed by atoms with E-state index < -0.39 is 114 Å². The molecule has 3 aliphatic heterocycles. The van der Waals surface area contributed by atoms with Crippen LogP contribution in [-0.2, 0) is 68.3 Å². The Bertz CT molecular complexity index is 2440. The van der Waals surface area contributed by atoms with Crippen molar-refractivity contribution in [1.29, 1.82) is 0 Å². The molecule has 2 amide bonds. The maximum atomic E-state index is 14.7. The van der Waals surface area contributed by atoms with Gasteiger partial charge in [0.25, 0.3) is 11.7 Å². The smallest absolute Gasteiger partial charge is 0.408 e. The number of alkyl carbamates (subject to hydrolysis) is 1. The molecular weight excluding hydrogens is 1040 g/mol. The van der Waals surface area contributed by atoms with Crippen molar-refractivity contribution in [3.8, 4) is 5.75 Å². The van der Waals surface area contributed by atoms with Gasteiger partial charge in [-0.05, 0) is 125 Å². The number of carbonyl (C=O) groups is 7. The molecule has 2 bridgehead atoms. The van der Waals surface area contributed by atoms with Gasteiger partial charge >= 0.3 is 18.0 Å². The zero-order chi connectivity index (χ0) is 59.7. The molecule has 3 fully saturated rings. The molecule has 19 nitrogen and oxygen atoms in total. The molecule has 0 aromatic heterocycles. The number of methoxy groups -OCH3 is 4. The number of fused-ring (bicyclic) bond motifs is 3. The molecule has 2 saturated heterocycles. The number of ketones is 3. The summed E-state index contributed by atoms with van der Waals surface area (Å²) >= 11 is 0. The maximum Gasteiger partial charge on any atom is 0.408 e. The number of nitrogens with zero attached hydrogens (tertiary/aromatic N) is 1. The van der Waals surface area contributed by atoms with Crippen LogP contribution in [0.1, 0.15) is 131 Å². The summed E-state index contributed by atoms with van der Waals surface area (Å²) in [6, 6.07) is 3.89. The fraction of sp³-hybridized carbons (Fsp3) is 0.661. The first-order valence-corrected chi connectivity index (χ1v) is 28.8. The fourth-order valence-electron chi connectivity index (χ4n) is 11.8. The van der Waals surface area contributed by atoms with Crippen molar-refractivity contribution in [2.45, 2.75) is 193 Å². The number of piperidine rings is 1. The lowest BCUT2D eigenvalue weighted by Gasteiger charge is -2.42. The molecule has 1 saturated carbocycles. The van der Waals surface area contributed by atoms with Gasteiger partial charge in [0, 0.05) is 64.9 Å². The van der Waals surface area contributed by atoms with Gasteiger partial charge in [-0.3, -0.25) is 19.2 Å². The average molecular weight is 1140 g/mol. The summed E-state index contributed by atoms with van der Waals surface area (Å²) in [7, 11) is 5.63. The monoisotopic (exact) mass is 1130 g/mol. The van der Waals surface area contributed by atoms with Gasteiger partial charge in [-0.1, -0.05) is 83.2 Å². The standard InChI is InChI=1S/C62H90N2O17/c1-36-17-13-12-14-18-37(2)51(75-8)34-46-26-20-42(7)62(74,81-46)57(69)58(70)64-28-16-15-19-48(64)60(72)79-52(35-49(66)38(3)30-41(6)55(68)56(77-10)54(67)40(5)29-36)39(4)31-44-23-27-50(53(33-44)76-9)80-61(73)63-47(59(71)78-11)32-43-21-24-45(65)25-22-43/h12-14,17-18,21-22,24-25,30,36,38-40,42,44,46-48,50-53,55-56,65,68,74H,15-16,19-20,23,26-29,31-35H2,1-11H3,(H,63,73)/b14-12+,17-13-,37-18+,41-30+/t36?,38?,39?,40-,42-,44?,46?,47?,48+,50-,51?,52?,53?,55-,56?,62-/m1/s1. The molecule has 1 aromatic carbocycles. The molecule has 1 aliphatic carbocycles. The normalized spacial score (nSPS) is 34.9. The van der Waals surface area contributed by atoms with Crippen LogP contribution >= 0.6 is 0 Å². The summed E-state index contributed by atoms with van der Waals surface area (Å²) in [5.41, 5.74) is 1.86. The molecule has 1 aromatic rings. The number of Topliss-reactive ketones (excluding diaryl/α,β-unsaturated/α-hetero) is 3. The highest BCUT2D eigenvalue weighted by molar-refractivity contribution is 6.39. The number of rotatable bonds is 11. The number of aromatic hydroxyl groups is 1. The van der Waals surface area contributed by atoms with Crippen LogP contribution in [0.5, 0.6) is 5.75 Å². The lowest BCUT2D eigenvalue weighted by molar-refractivity contribution is -0.265. The number of hydrogen-bond acceptors (Lipinski definition) is 17. The van der Waals surface area contributed by atoms with Gasteiger partial charge in [-0.15, -0.1) is 0 Å². The van der Waals surface area contributed by atoms with E-state index in [1.54, 1.807) is 53.0 Å². The number of amides is 2. The van der Waals surface area contributed by atoms with Crippen LogP contribution in [0.2, 0.25) is 0 Å². The van der Waals surface area contributed by atoms with Crippen LogP contribution < -0.4 is 5.32 Å². The Hall–Kier alpha value is -5.57. The van der Waals surface area contributed by atoms with E-state index in [2.05, 4.69) is 5.32 Å². The number of ether oxygens (including phenoxy) is 7. The summed E-state index contributed by atoms with van der Waals surface area (Å²) in [6.45, 7) is 12.5. The van der Waals surface area contributed by atoms with E-state index in [-0.39, 0.29) is 61.4 Å². The highest BCUT2D eigenvalue weighted by Crippen LogP contribution is 2.38. The maximum absolute atomic E-state index is 14.7. The number of benzene rings is 1. The Labute approximate surface area is 478 Å². The molecule has 5 rings (SSSR count). The molecule has 0 spiro atoms. The van der Waals surface area contributed by atoms with Crippen molar-refractivity contribution in [3.63, 3.8) is 0 Å². The number of esters is 2. The van der Waals surface area contributed by atoms with Gasteiger partial charge in [0.1, 0.15) is 48.0 Å². The van der Waals surface area contributed by atoms with Gasteiger partial charge in [-0.25, -0.2) is 14.4 Å². The first-order valence-electron chi connectivity index (χ1n) is 28.8. The number of phenolic OH excluding ortho intramolecular Hbond substituents is 1. The molecule has 3 heterocycles. The topological polar surface area (TPSA) is 260 Å². The van der Waals surface area contributed by atoms with Crippen molar-refractivity contribution >= 4 is 41.3 Å². The van der Waals surface area contributed by atoms with E-state index in [1.165, 1.54) is 33.5 Å². The number of allylic oxidation sites excluding steroid dienone is 6. The van der Waals surface area contributed by atoms with Crippen molar-refractivity contribution < 1.29 is 82.0 Å². The van der Waals surface area contributed by atoms with Crippen molar-refractivity contribution in [2.24, 2.45) is 35.5 Å². The molecule has 81 heavy (non-hydrogen) atoms. The zero-order valence-corrected chi connectivity index (χ0v) is 49.3. The number of nitrogens with one attached hydrogen (secondary N) is 1. The second-order valence-electron chi connectivity index (χ2n) is 23.1. The average Bonchev–Trinajstić information content (AvgIpc) is 3.53. The van der Waals surface area contributed by atoms with E-state index in [1.807, 2.05) is 51.2 Å². The predicted molar refractivity (Wildman–Crippen MR) is 300 cm³/mol. The van der Waals surface area contributed by atoms with Crippen LogP contribution in [0.4, 0.5) is 4.79 Å². The Morgan fingerprint density at radius 1 is 0.840 bits per heavy atom. The highest BCUT2D eigenvalue weighted by atomic mass is 16.6. The molecule has 10 unspecified atom stereocenters. The predicted octanol–water partition coefficient (Wildman–Crippen LogP) is 7.40. The van der Waals surface area contributed by atoms with Gasteiger partial charge in [-0.2, -0.15) is 0 Å². The molecule has 450 valence electrons. The lowest BCUT2D eigenvalue weighted by Crippen LogP contribution is -2.61. The fourth-order valence-corrected chi connectivity index (χ4v) is 11.8. The van der Waals surface area contributed by atoms with Crippen molar-refractivity contribution in [2.75, 3.05) is 35.0 Å². The van der Waals surface area contributed by atoms with Crippen molar-refractivity contribution in [3.05, 3.63) is 77.4 Å². The van der Waals surface area contributed by atoms with E-state index in [0.717, 1.165) is 10.5 Å². The summed E-state index contributed by atoms with van der Waals surface area (Å²) < 4.78 is 40.6. The van der Waals surface area contributed by atoms with Gasteiger partial charge in [0.05, 0.1) is 25.4 Å². The van der Waals surface area contributed by atoms with Crippen LogP contribution in [0.3, 0.4) is 0 Å². The highest BCUT2D eigenvalue weighted by Gasteiger charge is 2.53. The summed E-state index contributed by atoms with van der Waals surface area (Å²) in [6.07, 6.45) is 8.61. The largest absolute Gasteiger partial charge is 0.508 e. The van der Waals surface area contributed by atoms with Crippen LogP contribution in [0, 0.1) is 35.5 Å². The molecule has 4 N–H and O–H groups in total. The van der Waals surface area contributed by atoms with Gasteiger partial charge in [0.2, 0.25) is 5.79 Å². The van der Waals surface area contributed by atoms with E-state index in [9.17, 15) is 48.9 Å². The third-order valence-corrected chi connectivity index (χ3v) is 16.9. The number of aliphatic hydroxyl groups is 2. The van der Waals surface area contributed by atoms with Gasteiger partial charge in [0.15, 0.2) is 5.78 Å². The lowest BCUT2D eigenvalue weighted by atomic mass is 9.78. The van der Waals surface area contributed by atoms with Crippen LogP contribution in [-0.4, -0.2) is 157 Å². The second kappa shape index (κ2) is 31.2. The second-order valence-corrected chi connectivity index (χ2v) is 23.1. The number of carbonyl (C=O) groups excluding carboxylic acids is 7.